The SMILES string of the molecule is CCCCCC[C@H]1CC[C@H](C2CC=C(CCc3ccc(C#N)c(F)c3)CC2)CC1. The number of rotatable bonds is 9. The Morgan fingerprint density at radius 3 is 2.48 bits per heavy atom. The molecule has 1 nitrogen and oxygen atoms in total. The number of nitrogens with zero attached hydrogens (tertiary/aromatic N) is 1. The van der Waals surface area contributed by atoms with Crippen molar-refractivity contribution >= 4 is 0 Å². The number of halogens is 1. The smallest absolute Gasteiger partial charge is 0.141 e. The van der Waals surface area contributed by atoms with Gasteiger partial charge in [-0.1, -0.05) is 69.6 Å². The molecule has 158 valence electrons. The number of unbranched alkanes of at least 4 members (excludes halogenated alkanes) is 3. The molecular weight excluding hydrogens is 357 g/mol. The van der Waals surface area contributed by atoms with E-state index in [1.54, 1.807) is 11.6 Å². The van der Waals surface area contributed by atoms with Gasteiger partial charge in [-0.25, -0.2) is 4.39 Å². The van der Waals surface area contributed by atoms with E-state index in [2.05, 4.69) is 13.0 Å². The fraction of sp³-hybridized carbons (Fsp3) is 0.667. The third-order valence-electron chi connectivity index (χ3n) is 7.46. The second-order valence-electron chi connectivity index (χ2n) is 9.45. The van der Waals surface area contributed by atoms with Crippen molar-refractivity contribution in [1.29, 1.82) is 5.26 Å². The summed E-state index contributed by atoms with van der Waals surface area (Å²) in [6.07, 6.45) is 21.2. The average Bonchev–Trinajstić information content (AvgIpc) is 2.76. The highest BCUT2D eigenvalue weighted by Crippen LogP contribution is 2.41. The summed E-state index contributed by atoms with van der Waals surface area (Å²) in [5.41, 5.74) is 2.70. The number of hydrogen-bond acceptors (Lipinski definition) is 1. The first kappa shape index (κ1) is 22.1. The molecular formula is C27H38FN. The van der Waals surface area contributed by atoms with Crippen molar-refractivity contribution in [2.24, 2.45) is 17.8 Å². The van der Waals surface area contributed by atoms with Crippen LogP contribution in [0.4, 0.5) is 4.39 Å². The molecule has 2 aliphatic rings. The lowest BCUT2D eigenvalue weighted by atomic mass is 9.70. The lowest BCUT2D eigenvalue weighted by Gasteiger charge is -2.35. The van der Waals surface area contributed by atoms with Crippen LogP contribution in [-0.4, -0.2) is 0 Å². The monoisotopic (exact) mass is 395 g/mol. The van der Waals surface area contributed by atoms with Gasteiger partial charge in [0.05, 0.1) is 5.56 Å². The van der Waals surface area contributed by atoms with Crippen molar-refractivity contribution in [2.75, 3.05) is 0 Å². The third kappa shape index (κ3) is 6.70. The minimum Gasteiger partial charge on any atom is -0.206 e. The van der Waals surface area contributed by atoms with Crippen LogP contribution in [-0.2, 0) is 6.42 Å². The maximum atomic E-state index is 13.8. The quantitative estimate of drug-likeness (QED) is 0.306. The highest BCUT2D eigenvalue weighted by molar-refractivity contribution is 5.33. The first-order valence-electron chi connectivity index (χ1n) is 12.1. The van der Waals surface area contributed by atoms with Gasteiger partial charge in [-0.15, -0.1) is 0 Å². The molecule has 1 unspecified atom stereocenters. The summed E-state index contributed by atoms with van der Waals surface area (Å²) >= 11 is 0. The van der Waals surface area contributed by atoms with Crippen LogP contribution >= 0.6 is 0 Å². The predicted molar refractivity (Wildman–Crippen MR) is 119 cm³/mol. The van der Waals surface area contributed by atoms with Crippen molar-refractivity contribution in [1.82, 2.24) is 0 Å². The van der Waals surface area contributed by atoms with Crippen molar-refractivity contribution in [3.05, 3.63) is 46.8 Å². The Morgan fingerprint density at radius 1 is 1.00 bits per heavy atom. The molecule has 1 aromatic carbocycles. The highest BCUT2D eigenvalue weighted by atomic mass is 19.1. The Labute approximate surface area is 177 Å². The van der Waals surface area contributed by atoms with Crippen molar-refractivity contribution in [3.63, 3.8) is 0 Å². The first-order chi connectivity index (χ1) is 14.2. The Morgan fingerprint density at radius 2 is 1.83 bits per heavy atom. The molecule has 1 atom stereocenters. The number of aryl methyl sites for hydroxylation is 1. The van der Waals surface area contributed by atoms with E-state index in [9.17, 15) is 4.39 Å². The predicted octanol–water partition coefficient (Wildman–Crippen LogP) is 8.13. The maximum Gasteiger partial charge on any atom is 0.141 e. The Hall–Kier alpha value is -1.62. The number of hydrogen-bond donors (Lipinski definition) is 0. The van der Waals surface area contributed by atoms with Crippen LogP contribution in [0.25, 0.3) is 0 Å². The molecule has 29 heavy (non-hydrogen) atoms. The van der Waals surface area contributed by atoms with Gasteiger partial charge >= 0.3 is 0 Å². The fourth-order valence-electron chi connectivity index (χ4n) is 5.48. The molecule has 1 aromatic rings. The van der Waals surface area contributed by atoms with Gasteiger partial charge < -0.3 is 0 Å². The van der Waals surface area contributed by atoms with Gasteiger partial charge in [-0.05, 0) is 80.4 Å². The fourth-order valence-corrected chi connectivity index (χ4v) is 5.48. The van der Waals surface area contributed by atoms with Crippen LogP contribution in [0.3, 0.4) is 0 Å². The summed E-state index contributed by atoms with van der Waals surface area (Å²) in [5.74, 6) is 2.47. The molecule has 0 amide bonds. The van der Waals surface area contributed by atoms with Gasteiger partial charge in [0, 0.05) is 0 Å². The maximum absolute atomic E-state index is 13.8. The molecule has 3 rings (SSSR count). The standard InChI is InChI=1S/C27H38FN/c1-2-3-4-5-6-21-9-14-24(15-10-21)25-16-11-22(12-17-25)7-8-23-13-18-26(20-29)27(28)19-23/h11,13,18-19,21,24-25H,2-10,12,14-17H2,1H3/t21-,24-,25?. The lowest BCUT2D eigenvalue weighted by Crippen LogP contribution is -2.23. The van der Waals surface area contributed by atoms with E-state index in [0.717, 1.165) is 36.2 Å². The molecule has 2 heteroatoms. The summed E-state index contributed by atoms with van der Waals surface area (Å²) in [7, 11) is 0. The largest absolute Gasteiger partial charge is 0.206 e. The second-order valence-corrected chi connectivity index (χ2v) is 9.45. The summed E-state index contributed by atoms with van der Waals surface area (Å²) < 4.78 is 13.8. The Bertz CT molecular complexity index is 706. The zero-order chi connectivity index (χ0) is 20.5. The van der Waals surface area contributed by atoms with Crippen molar-refractivity contribution < 1.29 is 4.39 Å². The normalized spacial score (nSPS) is 24.7. The van der Waals surface area contributed by atoms with E-state index < -0.39 is 0 Å². The van der Waals surface area contributed by atoms with Gasteiger partial charge in [0.25, 0.3) is 0 Å². The lowest BCUT2D eigenvalue weighted by molar-refractivity contribution is 0.185. The van der Waals surface area contributed by atoms with Crippen LogP contribution in [0.1, 0.15) is 102 Å². The van der Waals surface area contributed by atoms with Crippen LogP contribution in [0.15, 0.2) is 29.8 Å². The van der Waals surface area contributed by atoms with Crippen molar-refractivity contribution in [3.8, 4) is 6.07 Å². The van der Waals surface area contributed by atoms with E-state index in [4.69, 9.17) is 5.26 Å². The molecule has 1 fully saturated rings. The third-order valence-corrected chi connectivity index (χ3v) is 7.46. The highest BCUT2D eigenvalue weighted by Gasteiger charge is 2.28. The van der Waals surface area contributed by atoms with Crippen molar-refractivity contribution in [2.45, 2.75) is 96.8 Å². The van der Waals surface area contributed by atoms with Crippen LogP contribution < -0.4 is 0 Å². The summed E-state index contributed by atoms with van der Waals surface area (Å²) in [5, 5.41) is 8.85. The molecule has 0 bridgehead atoms. The number of allylic oxidation sites excluding steroid dienone is 2. The molecule has 1 saturated carbocycles. The molecule has 0 spiro atoms. The van der Waals surface area contributed by atoms with E-state index in [-0.39, 0.29) is 11.4 Å². The molecule has 0 aliphatic heterocycles. The zero-order valence-corrected chi connectivity index (χ0v) is 18.3. The van der Waals surface area contributed by atoms with E-state index in [1.165, 1.54) is 83.1 Å². The summed E-state index contributed by atoms with van der Waals surface area (Å²) in [4.78, 5) is 0. The van der Waals surface area contributed by atoms with Gasteiger partial charge in [0.1, 0.15) is 11.9 Å². The number of benzene rings is 1. The molecule has 0 heterocycles. The molecule has 0 radical (unpaired) electrons. The van der Waals surface area contributed by atoms with Crippen LogP contribution in [0.2, 0.25) is 0 Å². The Balaban J connectivity index is 1.37. The molecule has 2 aliphatic carbocycles. The topological polar surface area (TPSA) is 23.8 Å². The number of nitriles is 1. The molecule has 0 saturated heterocycles. The average molecular weight is 396 g/mol. The summed E-state index contributed by atoms with van der Waals surface area (Å²) in [6.45, 7) is 2.29. The second kappa shape index (κ2) is 11.5. The van der Waals surface area contributed by atoms with Gasteiger partial charge in [-0.2, -0.15) is 5.26 Å². The first-order valence-corrected chi connectivity index (χ1v) is 12.1. The minimum atomic E-state index is -0.386. The van der Waals surface area contributed by atoms with Gasteiger partial charge in [0.15, 0.2) is 0 Å². The minimum absolute atomic E-state index is 0.143. The van der Waals surface area contributed by atoms with E-state index in [0.29, 0.717) is 0 Å². The molecule has 0 N–H and O–H groups in total. The Kier molecular flexibility index (Phi) is 8.78. The van der Waals surface area contributed by atoms with E-state index in [1.807, 2.05) is 12.1 Å². The molecule has 0 aromatic heterocycles. The van der Waals surface area contributed by atoms with Gasteiger partial charge in [-0.3, -0.25) is 0 Å². The van der Waals surface area contributed by atoms with Crippen LogP contribution in [0, 0.1) is 34.9 Å². The zero-order valence-electron chi connectivity index (χ0n) is 18.3. The summed E-state index contributed by atoms with van der Waals surface area (Å²) in [6, 6.07) is 6.93. The van der Waals surface area contributed by atoms with E-state index >= 15 is 0 Å². The van der Waals surface area contributed by atoms with Crippen LogP contribution in [0.5, 0.6) is 0 Å². The van der Waals surface area contributed by atoms with Gasteiger partial charge in [0.2, 0.25) is 0 Å².